The molecule has 0 saturated carbocycles. The van der Waals surface area contributed by atoms with Gasteiger partial charge < -0.3 is 5.32 Å². The molecule has 7 heteroatoms. The summed E-state index contributed by atoms with van der Waals surface area (Å²) >= 11 is 5.57. The van der Waals surface area contributed by atoms with E-state index in [-0.39, 0.29) is 10.6 Å². The Morgan fingerprint density at radius 2 is 2.37 bits per heavy atom. The second-order valence-corrected chi connectivity index (χ2v) is 5.86. The van der Waals surface area contributed by atoms with Crippen LogP contribution in [0, 0.1) is 0 Å². The number of amides is 1. The summed E-state index contributed by atoms with van der Waals surface area (Å²) in [7, 11) is 0. The van der Waals surface area contributed by atoms with Gasteiger partial charge in [0.05, 0.1) is 22.5 Å². The smallest absolute Gasteiger partial charge is 0.259 e. The van der Waals surface area contributed by atoms with Crippen LogP contribution in [0.4, 0.5) is 0 Å². The summed E-state index contributed by atoms with van der Waals surface area (Å²) in [5.41, 5.74) is 1.60. The van der Waals surface area contributed by atoms with E-state index in [0.29, 0.717) is 4.91 Å². The second-order valence-electron chi connectivity index (χ2n) is 3.85. The van der Waals surface area contributed by atoms with Gasteiger partial charge in [-0.2, -0.15) is 5.10 Å². The second kappa shape index (κ2) is 5.10. The first-order valence-corrected chi connectivity index (χ1v) is 6.95. The summed E-state index contributed by atoms with van der Waals surface area (Å²) in [5.74, 6) is -0.110. The van der Waals surface area contributed by atoms with Crippen molar-refractivity contribution in [2.75, 3.05) is 0 Å². The lowest BCUT2D eigenvalue weighted by Gasteiger charge is -1.98. The van der Waals surface area contributed by atoms with Crippen LogP contribution in [0.2, 0.25) is 0 Å². The van der Waals surface area contributed by atoms with Gasteiger partial charge in [-0.15, -0.1) is 12.6 Å². The quantitative estimate of drug-likeness (QED) is 0.652. The Kier molecular flexibility index (Phi) is 3.31. The molecule has 1 aliphatic heterocycles. The van der Waals surface area contributed by atoms with Crippen molar-refractivity contribution in [1.29, 1.82) is 0 Å². The maximum absolute atomic E-state index is 11.6. The number of aromatic nitrogens is 3. The summed E-state index contributed by atoms with van der Waals surface area (Å²) in [6.45, 7) is 0. The molecule has 3 heterocycles. The highest BCUT2D eigenvalue weighted by Gasteiger charge is 2.24. The molecule has 1 saturated heterocycles. The van der Waals surface area contributed by atoms with Crippen molar-refractivity contribution in [3.63, 3.8) is 0 Å². The van der Waals surface area contributed by atoms with Crippen LogP contribution in [-0.2, 0) is 4.79 Å². The normalized spacial score (nSPS) is 20.8. The van der Waals surface area contributed by atoms with E-state index >= 15 is 0 Å². The van der Waals surface area contributed by atoms with Crippen molar-refractivity contribution in [1.82, 2.24) is 20.1 Å². The Morgan fingerprint density at radius 1 is 1.47 bits per heavy atom. The van der Waals surface area contributed by atoms with Crippen LogP contribution < -0.4 is 5.32 Å². The lowest BCUT2D eigenvalue weighted by molar-refractivity contribution is -0.116. The lowest BCUT2D eigenvalue weighted by atomic mass is 10.3. The third-order valence-electron chi connectivity index (χ3n) is 2.52. The van der Waals surface area contributed by atoms with Gasteiger partial charge in [-0.1, -0.05) is 11.8 Å². The SMILES string of the molecule is O=C1NC(S)S/C1=C\c1ccn(-c2cccnc2)n1. The molecular formula is C12H10N4OS2. The molecular weight excluding hydrogens is 280 g/mol. The zero-order chi connectivity index (χ0) is 13.2. The number of nitrogens with one attached hydrogen (secondary N) is 1. The number of nitrogens with zero attached hydrogens (tertiary/aromatic N) is 3. The molecule has 0 bridgehead atoms. The molecule has 0 aliphatic carbocycles. The van der Waals surface area contributed by atoms with Crippen molar-refractivity contribution in [2.24, 2.45) is 0 Å². The molecule has 5 nitrogen and oxygen atoms in total. The molecule has 1 aliphatic rings. The van der Waals surface area contributed by atoms with Crippen LogP contribution in [0.25, 0.3) is 11.8 Å². The van der Waals surface area contributed by atoms with Crippen molar-refractivity contribution < 1.29 is 4.79 Å². The summed E-state index contributed by atoms with van der Waals surface area (Å²) in [5, 5.41) is 7.09. The molecule has 1 fully saturated rings. The van der Waals surface area contributed by atoms with Crippen LogP contribution in [0.3, 0.4) is 0 Å². The highest BCUT2D eigenvalue weighted by Crippen LogP contribution is 2.30. The van der Waals surface area contributed by atoms with E-state index in [0.717, 1.165) is 11.4 Å². The predicted molar refractivity (Wildman–Crippen MR) is 77.8 cm³/mol. The molecule has 19 heavy (non-hydrogen) atoms. The first kappa shape index (κ1) is 12.3. The van der Waals surface area contributed by atoms with Gasteiger partial charge in [0.1, 0.15) is 4.71 Å². The Bertz CT molecular complexity index is 638. The monoisotopic (exact) mass is 290 g/mol. The zero-order valence-electron chi connectivity index (χ0n) is 9.72. The van der Waals surface area contributed by atoms with E-state index in [4.69, 9.17) is 0 Å². The first-order chi connectivity index (χ1) is 9.22. The molecule has 2 aromatic heterocycles. The fraction of sp³-hybridized carbons (Fsp3) is 0.0833. The molecule has 3 rings (SSSR count). The summed E-state index contributed by atoms with van der Waals surface area (Å²) in [6.07, 6.45) is 7.02. The Labute approximate surface area is 119 Å². The van der Waals surface area contributed by atoms with Crippen LogP contribution in [-0.4, -0.2) is 25.4 Å². The number of thioether (sulfide) groups is 1. The van der Waals surface area contributed by atoms with Gasteiger partial charge in [0.25, 0.3) is 5.91 Å². The maximum atomic E-state index is 11.6. The van der Waals surface area contributed by atoms with Gasteiger partial charge in [0.2, 0.25) is 0 Å². The van der Waals surface area contributed by atoms with Gasteiger partial charge in [-0.05, 0) is 24.3 Å². The number of hydrogen-bond donors (Lipinski definition) is 2. The van der Waals surface area contributed by atoms with Gasteiger partial charge in [-0.3, -0.25) is 9.78 Å². The van der Waals surface area contributed by atoms with Crippen LogP contribution in [0.5, 0.6) is 0 Å². The molecule has 1 N–H and O–H groups in total. The van der Waals surface area contributed by atoms with Crippen molar-refractivity contribution >= 4 is 36.4 Å². The van der Waals surface area contributed by atoms with Gasteiger partial charge in [0, 0.05) is 12.4 Å². The van der Waals surface area contributed by atoms with Crippen molar-refractivity contribution in [3.8, 4) is 5.69 Å². The number of thiol groups is 1. The average molecular weight is 290 g/mol. The van der Waals surface area contributed by atoms with Crippen LogP contribution in [0.15, 0.2) is 41.7 Å². The third kappa shape index (κ3) is 2.66. The van der Waals surface area contributed by atoms with E-state index in [2.05, 4.69) is 28.0 Å². The molecule has 0 radical (unpaired) electrons. The fourth-order valence-corrected chi connectivity index (χ4v) is 2.89. The van der Waals surface area contributed by atoms with Gasteiger partial charge in [-0.25, -0.2) is 4.68 Å². The van der Waals surface area contributed by atoms with Crippen LogP contribution >= 0.6 is 24.4 Å². The van der Waals surface area contributed by atoms with E-state index in [9.17, 15) is 4.79 Å². The van der Waals surface area contributed by atoms with E-state index in [1.54, 1.807) is 23.2 Å². The highest BCUT2D eigenvalue weighted by atomic mass is 32.2. The van der Waals surface area contributed by atoms with Crippen molar-refractivity contribution in [2.45, 2.75) is 4.71 Å². The summed E-state index contributed by atoms with van der Waals surface area (Å²) in [6, 6.07) is 5.61. The number of carbonyl (C=O) groups excluding carboxylic acids is 1. The summed E-state index contributed by atoms with van der Waals surface area (Å²) in [4.78, 5) is 16.2. The van der Waals surface area contributed by atoms with Gasteiger partial charge >= 0.3 is 0 Å². The van der Waals surface area contributed by atoms with E-state index in [1.165, 1.54) is 11.8 Å². The number of carbonyl (C=O) groups is 1. The highest BCUT2D eigenvalue weighted by molar-refractivity contribution is 8.14. The van der Waals surface area contributed by atoms with E-state index in [1.807, 2.05) is 24.4 Å². The Balaban J connectivity index is 1.87. The molecule has 0 spiro atoms. The molecule has 1 unspecified atom stereocenters. The summed E-state index contributed by atoms with van der Waals surface area (Å²) < 4.78 is 1.54. The minimum atomic E-state index is -0.181. The van der Waals surface area contributed by atoms with Gasteiger partial charge in [0.15, 0.2) is 0 Å². The third-order valence-corrected chi connectivity index (χ3v) is 3.86. The van der Waals surface area contributed by atoms with E-state index < -0.39 is 0 Å². The molecule has 96 valence electrons. The van der Waals surface area contributed by atoms with Crippen LogP contribution in [0.1, 0.15) is 5.69 Å². The zero-order valence-corrected chi connectivity index (χ0v) is 11.4. The minimum Gasteiger partial charge on any atom is -0.331 e. The maximum Gasteiger partial charge on any atom is 0.259 e. The predicted octanol–water partition coefficient (Wildman–Crippen LogP) is 1.68. The lowest BCUT2D eigenvalue weighted by Crippen LogP contribution is -2.19. The first-order valence-electron chi connectivity index (χ1n) is 5.56. The molecule has 1 amide bonds. The molecule has 1 atom stereocenters. The average Bonchev–Trinajstić information content (AvgIpc) is 2.99. The minimum absolute atomic E-state index is 0.110. The topological polar surface area (TPSA) is 59.8 Å². The number of rotatable bonds is 2. The van der Waals surface area contributed by atoms with Crippen molar-refractivity contribution in [3.05, 3.63) is 47.4 Å². The Hall–Kier alpha value is -1.73. The molecule has 0 aromatic carbocycles. The fourth-order valence-electron chi connectivity index (χ4n) is 1.67. The standard InChI is InChI=1S/C12H10N4OS2/c17-11-10(19-12(18)14-11)6-8-3-5-16(15-8)9-2-1-4-13-7-9/h1-7,12,18H,(H,14,17)/b10-6-. The largest absolute Gasteiger partial charge is 0.331 e. The number of hydrogen-bond acceptors (Lipinski definition) is 5. The molecule has 2 aromatic rings. The Morgan fingerprint density at radius 3 is 3.05 bits per heavy atom. The number of pyridine rings is 1.